The lowest BCUT2D eigenvalue weighted by Gasteiger charge is -2.08. The summed E-state index contributed by atoms with van der Waals surface area (Å²) in [6, 6.07) is 4.37. The molecule has 0 unspecified atom stereocenters. The largest absolute Gasteiger partial charge is 0.507 e. The van der Waals surface area contributed by atoms with Crippen LogP contribution < -0.4 is 5.73 Å². The highest BCUT2D eigenvalue weighted by molar-refractivity contribution is 5.46. The highest BCUT2D eigenvalue weighted by Gasteiger charge is 2.56. The molecular formula is C13H19NO. The van der Waals surface area contributed by atoms with Crippen LogP contribution in [-0.4, -0.2) is 11.1 Å². The van der Waals surface area contributed by atoms with Gasteiger partial charge in [0, 0.05) is 12.0 Å². The third kappa shape index (κ3) is 1.44. The van der Waals surface area contributed by atoms with Gasteiger partial charge < -0.3 is 10.8 Å². The van der Waals surface area contributed by atoms with Crippen molar-refractivity contribution in [2.45, 2.75) is 39.7 Å². The van der Waals surface area contributed by atoms with E-state index in [0.717, 1.165) is 11.1 Å². The monoisotopic (exact) mass is 205 g/mol. The Morgan fingerprint density at radius 3 is 1.93 bits per heavy atom. The van der Waals surface area contributed by atoms with Crippen molar-refractivity contribution in [2.24, 2.45) is 11.1 Å². The van der Waals surface area contributed by atoms with Gasteiger partial charge in [0.25, 0.3) is 0 Å². The van der Waals surface area contributed by atoms with Gasteiger partial charge in [0.2, 0.25) is 0 Å². The van der Waals surface area contributed by atoms with Gasteiger partial charge in [-0.05, 0) is 36.0 Å². The summed E-state index contributed by atoms with van der Waals surface area (Å²) < 4.78 is 0. The number of hydrogen-bond acceptors (Lipinski definition) is 2. The molecule has 1 aliphatic rings. The van der Waals surface area contributed by atoms with Crippen molar-refractivity contribution in [3.63, 3.8) is 0 Å². The molecule has 1 saturated carbocycles. The number of phenolic OH excluding ortho intramolecular Hbond substituents is 1. The van der Waals surface area contributed by atoms with E-state index in [9.17, 15) is 5.11 Å². The van der Waals surface area contributed by atoms with Crippen molar-refractivity contribution in [3.05, 3.63) is 28.8 Å². The minimum Gasteiger partial charge on any atom is -0.507 e. The summed E-state index contributed by atoms with van der Waals surface area (Å²) in [7, 11) is 0. The zero-order valence-electron chi connectivity index (χ0n) is 9.83. The lowest BCUT2D eigenvalue weighted by Crippen LogP contribution is -2.06. The number of hydrogen-bond donors (Lipinski definition) is 2. The van der Waals surface area contributed by atoms with Gasteiger partial charge in [-0.2, -0.15) is 0 Å². The predicted molar refractivity (Wildman–Crippen MR) is 62.1 cm³/mol. The summed E-state index contributed by atoms with van der Waals surface area (Å²) >= 11 is 0. The topological polar surface area (TPSA) is 46.2 Å². The van der Waals surface area contributed by atoms with Crippen LogP contribution in [0.15, 0.2) is 12.1 Å². The number of nitrogens with two attached hydrogens (primary N) is 1. The number of phenols is 1. The van der Waals surface area contributed by atoms with E-state index in [1.54, 1.807) is 0 Å². The summed E-state index contributed by atoms with van der Waals surface area (Å²) in [4.78, 5) is 0. The van der Waals surface area contributed by atoms with Crippen molar-refractivity contribution in [2.75, 3.05) is 0 Å². The van der Waals surface area contributed by atoms with Crippen LogP contribution in [0.25, 0.3) is 0 Å². The summed E-state index contributed by atoms with van der Waals surface area (Å²) in [6.07, 6.45) is 0. The Morgan fingerprint density at radius 2 is 1.60 bits per heavy atom. The van der Waals surface area contributed by atoms with Gasteiger partial charge in [0.05, 0.1) is 0 Å². The Kier molecular flexibility index (Phi) is 2.09. The molecule has 2 rings (SSSR count). The van der Waals surface area contributed by atoms with Crippen molar-refractivity contribution in [3.8, 4) is 5.75 Å². The van der Waals surface area contributed by atoms with Gasteiger partial charge in [-0.1, -0.05) is 26.0 Å². The second-order valence-electron chi connectivity index (χ2n) is 5.33. The fraction of sp³-hybridized carbons (Fsp3) is 0.538. The Balaban J connectivity index is 2.40. The number of aromatic hydroxyl groups is 1. The predicted octanol–water partition coefficient (Wildman–Crippen LogP) is 2.46. The van der Waals surface area contributed by atoms with Crippen LogP contribution >= 0.6 is 0 Å². The van der Waals surface area contributed by atoms with Crippen LogP contribution in [0.1, 0.15) is 36.5 Å². The first-order valence-electron chi connectivity index (χ1n) is 5.41. The molecule has 82 valence electrons. The quantitative estimate of drug-likeness (QED) is 0.739. The minimum absolute atomic E-state index is 0.204. The molecule has 2 nitrogen and oxygen atoms in total. The molecule has 0 bridgehead atoms. The van der Waals surface area contributed by atoms with Crippen LogP contribution in [0.3, 0.4) is 0 Å². The van der Waals surface area contributed by atoms with Crippen LogP contribution in [-0.2, 0) is 0 Å². The molecule has 0 aromatic heterocycles. The molecule has 15 heavy (non-hydrogen) atoms. The second-order valence-corrected chi connectivity index (χ2v) is 5.33. The SMILES string of the molecule is Cc1cc([C@@H]2[C@@H](N)C2(C)C)cc(C)c1O. The summed E-state index contributed by atoms with van der Waals surface area (Å²) in [6.45, 7) is 8.26. The smallest absolute Gasteiger partial charge is 0.121 e. The van der Waals surface area contributed by atoms with Gasteiger partial charge >= 0.3 is 0 Å². The van der Waals surface area contributed by atoms with Crippen molar-refractivity contribution >= 4 is 0 Å². The zero-order valence-corrected chi connectivity index (χ0v) is 9.83. The minimum atomic E-state index is 0.204. The third-order valence-corrected chi connectivity index (χ3v) is 3.78. The number of rotatable bonds is 1. The van der Waals surface area contributed by atoms with E-state index >= 15 is 0 Å². The van der Waals surface area contributed by atoms with E-state index in [2.05, 4.69) is 26.0 Å². The molecule has 3 N–H and O–H groups in total. The first-order chi connectivity index (χ1) is 6.85. The zero-order chi connectivity index (χ0) is 11.4. The van der Waals surface area contributed by atoms with Crippen molar-refractivity contribution < 1.29 is 5.11 Å². The summed E-state index contributed by atoms with van der Waals surface area (Å²) in [5, 5.41) is 9.70. The average Bonchev–Trinajstić information content (AvgIpc) is 2.61. The molecule has 1 fully saturated rings. The highest BCUT2D eigenvalue weighted by atomic mass is 16.3. The van der Waals surface area contributed by atoms with E-state index in [-0.39, 0.29) is 11.5 Å². The maximum Gasteiger partial charge on any atom is 0.121 e. The maximum absolute atomic E-state index is 9.70. The normalized spacial score (nSPS) is 27.8. The van der Waals surface area contributed by atoms with Crippen molar-refractivity contribution in [1.82, 2.24) is 0 Å². The fourth-order valence-electron chi connectivity index (χ4n) is 2.48. The first kappa shape index (κ1) is 10.5. The van der Waals surface area contributed by atoms with Crippen LogP contribution in [0, 0.1) is 19.3 Å². The van der Waals surface area contributed by atoms with Gasteiger partial charge in [0.1, 0.15) is 5.75 Å². The summed E-state index contributed by atoms with van der Waals surface area (Å²) in [5.41, 5.74) is 9.41. The van der Waals surface area contributed by atoms with E-state index in [0.29, 0.717) is 11.7 Å². The van der Waals surface area contributed by atoms with Crippen LogP contribution in [0.5, 0.6) is 5.75 Å². The molecule has 1 aromatic rings. The van der Waals surface area contributed by atoms with Crippen LogP contribution in [0.2, 0.25) is 0 Å². The lowest BCUT2D eigenvalue weighted by molar-refractivity contribution is 0.466. The molecule has 2 atom stereocenters. The Labute approximate surface area is 91.1 Å². The molecule has 1 aromatic carbocycles. The molecular weight excluding hydrogens is 186 g/mol. The second kappa shape index (κ2) is 2.99. The van der Waals surface area contributed by atoms with Gasteiger partial charge in [-0.3, -0.25) is 0 Å². The molecule has 0 saturated heterocycles. The molecule has 0 aliphatic heterocycles. The molecule has 0 heterocycles. The Morgan fingerprint density at radius 1 is 1.20 bits per heavy atom. The average molecular weight is 205 g/mol. The van der Waals surface area contributed by atoms with Gasteiger partial charge in [0.15, 0.2) is 0 Å². The van der Waals surface area contributed by atoms with Crippen LogP contribution in [0.4, 0.5) is 0 Å². The van der Waals surface area contributed by atoms with E-state index in [1.165, 1.54) is 5.56 Å². The van der Waals surface area contributed by atoms with E-state index in [1.807, 2.05) is 13.8 Å². The molecule has 0 radical (unpaired) electrons. The molecule has 0 spiro atoms. The van der Waals surface area contributed by atoms with Crippen molar-refractivity contribution in [1.29, 1.82) is 0 Å². The standard InChI is InChI=1S/C13H19NO/c1-7-5-9(6-8(2)11(7)15)10-12(14)13(10,3)4/h5-6,10,12,15H,14H2,1-4H3/t10-,12-/m1/s1. The molecule has 2 heteroatoms. The molecule has 1 aliphatic carbocycles. The molecule has 0 amide bonds. The third-order valence-electron chi connectivity index (χ3n) is 3.78. The Hall–Kier alpha value is -1.02. The first-order valence-corrected chi connectivity index (χ1v) is 5.41. The lowest BCUT2D eigenvalue weighted by atomic mass is 9.98. The number of aryl methyl sites for hydroxylation is 2. The fourth-order valence-corrected chi connectivity index (χ4v) is 2.48. The number of benzene rings is 1. The van der Waals surface area contributed by atoms with E-state index < -0.39 is 0 Å². The Bertz CT molecular complexity index is 386. The maximum atomic E-state index is 9.70. The van der Waals surface area contributed by atoms with E-state index in [4.69, 9.17) is 5.73 Å². The van der Waals surface area contributed by atoms with Gasteiger partial charge in [-0.15, -0.1) is 0 Å². The van der Waals surface area contributed by atoms with Gasteiger partial charge in [-0.25, -0.2) is 0 Å². The summed E-state index contributed by atoms with van der Waals surface area (Å²) in [5.74, 6) is 0.848. The highest BCUT2D eigenvalue weighted by Crippen LogP contribution is 2.57.